The second-order valence-electron chi connectivity index (χ2n) is 6.65. The molecule has 28 heavy (non-hydrogen) atoms. The van der Waals surface area contributed by atoms with Crippen LogP contribution in [0.5, 0.6) is 0 Å². The minimum absolute atomic E-state index is 0.188. The van der Waals surface area contributed by atoms with E-state index in [9.17, 15) is 9.59 Å². The Labute approximate surface area is 172 Å². The maximum atomic E-state index is 12.7. The second kappa shape index (κ2) is 8.12. The van der Waals surface area contributed by atoms with Crippen molar-refractivity contribution in [1.29, 1.82) is 0 Å². The molecule has 1 atom stereocenters. The summed E-state index contributed by atoms with van der Waals surface area (Å²) in [4.78, 5) is 30.8. The molecular weight excluding hydrogens is 394 g/mol. The summed E-state index contributed by atoms with van der Waals surface area (Å²) in [6.45, 7) is 0.188. The van der Waals surface area contributed by atoms with Crippen LogP contribution < -0.4 is 5.32 Å². The number of nitrogens with one attached hydrogen (secondary N) is 1. The van der Waals surface area contributed by atoms with Crippen LogP contribution in [0.1, 0.15) is 21.8 Å². The van der Waals surface area contributed by atoms with Crippen molar-refractivity contribution in [2.45, 2.75) is 25.4 Å². The lowest BCUT2D eigenvalue weighted by Crippen LogP contribution is -2.32. The molecule has 4 rings (SSSR count). The molecule has 1 aliphatic rings. The van der Waals surface area contributed by atoms with Crippen LogP contribution in [0.4, 0.5) is 4.79 Å². The van der Waals surface area contributed by atoms with E-state index in [2.05, 4.69) is 10.3 Å². The van der Waals surface area contributed by atoms with E-state index >= 15 is 0 Å². The Balaban J connectivity index is 1.40. The average molecular weight is 412 g/mol. The standard InChI is InChI=1S/C21H18ClN3O2S/c22-16-8-6-15(7-9-16)11-19-23-17(13-28-19)12-25-20(26)18(24-21(25)27)10-14-4-2-1-3-5-14/h1-9,13,18H,10-12H2,(H,24,27)/t18-/m1/s1. The summed E-state index contributed by atoms with van der Waals surface area (Å²) in [5, 5.41) is 6.31. The maximum Gasteiger partial charge on any atom is 0.325 e. The highest BCUT2D eigenvalue weighted by molar-refractivity contribution is 7.09. The molecule has 0 radical (unpaired) electrons. The van der Waals surface area contributed by atoms with E-state index in [1.165, 1.54) is 16.2 Å². The number of aromatic nitrogens is 1. The van der Waals surface area contributed by atoms with Gasteiger partial charge in [0.25, 0.3) is 5.91 Å². The monoisotopic (exact) mass is 411 g/mol. The van der Waals surface area contributed by atoms with Gasteiger partial charge in [0.05, 0.1) is 17.2 Å². The lowest BCUT2D eigenvalue weighted by Gasteiger charge is -2.11. The fraction of sp³-hybridized carbons (Fsp3) is 0.190. The van der Waals surface area contributed by atoms with E-state index in [0.29, 0.717) is 17.9 Å². The van der Waals surface area contributed by atoms with Crippen LogP contribution in [0.25, 0.3) is 0 Å². The van der Waals surface area contributed by atoms with Gasteiger partial charge in [0.1, 0.15) is 6.04 Å². The molecule has 3 aromatic rings. The van der Waals surface area contributed by atoms with E-state index in [4.69, 9.17) is 11.6 Å². The number of nitrogens with zero attached hydrogens (tertiary/aromatic N) is 2. The molecule has 5 nitrogen and oxygen atoms in total. The molecule has 1 aromatic heterocycles. The van der Waals surface area contributed by atoms with Gasteiger partial charge in [-0.15, -0.1) is 11.3 Å². The van der Waals surface area contributed by atoms with Gasteiger partial charge >= 0.3 is 6.03 Å². The summed E-state index contributed by atoms with van der Waals surface area (Å²) in [6.07, 6.45) is 1.18. The smallest absolute Gasteiger partial charge is 0.325 e. The lowest BCUT2D eigenvalue weighted by atomic mass is 10.1. The zero-order valence-electron chi connectivity index (χ0n) is 15.0. The van der Waals surface area contributed by atoms with Crippen LogP contribution in [-0.2, 0) is 24.2 Å². The van der Waals surface area contributed by atoms with Crippen molar-refractivity contribution in [2.75, 3.05) is 0 Å². The van der Waals surface area contributed by atoms with Gasteiger partial charge in [0, 0.05) is 23.2 Å². The predicted octanol–water partition coefficient (Wildman–Crippen LogP) is 4.05. The summed E-state index contributed by atoms with van der Waals surface area (Å²) in [5.74, 6) is -0.207. The normalized spacial score (nSPS) is 16.5. The zero-order valence-corrected chi connectivity index (χ0v) is 16.5. The van der Waals surface area contributed by atoms with Crippen molar-refractivity contribution in [3.63, 3.8) is 0 Å². The summed E-state index contributed by atoms with van der Waals surface area (Å²) < 4.78 is 0. The summed E-state index contributed by atoms with van der Waals surface area (Å²) in [7, 11) is 0. The Bertz CT molecular complexity index is 988. The number of halogens is 1. The van der Waals surface area contributed by atoms with Crippen LogP contribution in [0.2, 0.25) is 5.02 Å². The van der Waals surface area contributed by atoms with Crippen LogP contribution in [0.3, 0.4) is 0 Å². The van der Waals surface area contributed by atoms with Crippen LogP contribution >= 0.6 is 22.9 Å². The number of hydrogen-bond donors (Lipinski definition) is 1. The quantitative estimate of drug-likeness (QED) is 0.622. The van der Waals surface area contributed by atoms with Crippen molar-refractivity contribution in [3.05, 3.63) is 86.8 Å². The Morgan fingerprint density at radius 1 is 1.04 bits per heavy atom. The van der Waals surface area contributed by atoms with Gasteiger partial charge in [0.2, 0.25) is 0 Å². The molecule has 1 aliphatic heterocycles. The number of thiazole rings is 1. The molecule has 1 saturated heterocycles. The van der Waals surface area contributed by atoms with Crippen molar-refractivity contribution in [3.8, 4) is 0 Å². The molecule has 0 aliphatic carbocycles. The van der Waals surface area contributed by atoms with Crippen molar-refractivity contribution in [2.24, 2.45) is 0 Å². The number of amides is 3. The third-order valence-corrected chi connectivity index (χ3v) is 5.73. The van der Waals surface area contributed by atoms with E-state index in [-0.39, 0.29) is 18.5 Å². The third kappa shape index (κ3) is 4.24. The second-order valence-corrected chi connectivity index (χ2v) is 8.03. The van der Waals surface area contributed by atoms with Gasteiger partial charge in [-0.25, -0.2) is 9.78 Å². The first-order valence-corrected chi connectivity index (χ1v) is 10.2. The Hall–Kier alpha value is -2.70. The molecule has 3 amide bonds. The first kappa shape index (κ1) is 18.7. The Morgan fingerprint density at radius 2 is 1.79 bits per heavy atom. The van der Waals surface area contributed by atoms with Gasteiger partial charge in [-0.3, -0.25) is 9.69 Å². The molecule has 0 unspecified atom stereocenters. The van der Waals surface area contributed by atoms with E-state index in [1.807, 2.05) is 60.0 Å². The zero-order chi connectivity index (χ0) is 19.5. The van der Waals surface area contributed by atoms with E-state index in [1.54, 1.807) is 0 Å². The van der Waals surface area contributed by atoms with Crippen molar-refractivity contribution in [1.82, 2.24) is 15.2 Å². The number of urea groups is 1. The number of carbonyl (C=O) groups excluding carboxylic acids is 2. The number of imide groups is 1. The first-order chi connectivity index (χ1) is 13.6. The van der Waals surface area contributed by atoms with Gasteiger partial charge < -0.3 is 5.32 Å². The topological polar surface area (TPSA) is 62.3 Å². The minimum Gasteiger partial charge on any atom is -0.325 e. The van der Waals surface area contributed by atoms with Crippen molar-refractivity contribution < 1.29 is 9.59 Å². The molecule has 2 aromatic carbocycles. The van der Waals surface area contributed by atoms with Gasteiger partial charge in [-0.05, 0) is 23.3 Å². The largest absolute Gasteiger partial charge is 0.325 e. The average Bonchev–Trinajstić information content (AvgIpc) is 3.24. The van der Waals surface area contributed by atoms with Crippen molar-refractivity contribution >= 4 is 34.9 Å². The molecule has 0 bridgehead atoms. The fourth-order valence-electron chi connectivity index (χ4n) is 3.16. The molecular formula is C21H18ClN3O2S. The summed E-state index contributed by atoms with van der Waals surface area (Å²) >= 11 is 7.44. The number of rotatable bonds is 6. The molecule has 142 valence electrons. The third-order valence-electron chi connectivity index (χ3n) is 4.58. The van der Waals surface area contributed by atoms with Crippen LogP contribution in [-0.4, -0.2) is 27.9 Å². The van der Waals surface area contributed by atoms with E-state index in [0.717, 1.165) is 21.8 Å². The highest BCUT2D eigenvalue weighted by atomic mass is 35.5. The molecule has 0 saturated carbocycles. The lowest BCUT2D eigenvalue weighted by molar-refractivity contribution is -0.127. The molecule has 1 N–H and O–H groups in total. The Kier molecular flexibility index (Phi) is 5.41. The maximum absolute atomic E-state index is 12.7. The van der Waals surface area contributed by atoms with Gasteiger partial charge in [-0.2, -0.15) is 0 Å². The van der Waals surface area contributed by atoms with E-state index < -0.39 is 6.04 Å². The fourth-order valence-corrected chi connectivity index (χ4v) is 4.10. The summed E-state index contributed by atoms with van der Waals surface area (Å²) in [6, 6.07) is 16.4. The van der Waals surface area contributed by atoms with Crippen LogP contribution in [0, 0.1) is 0 Å². The Morgan fingerprint density at radius 3 is 2.54 bits per heavy atom. The van der Waals surface area contributed by atoms with Gasteiger partial charge in [0.15, 0.2) is 0 Å². The molecule has 7 heteroatoms. The molecule has 2 heterocycles. The number of benzene rings is 2. The SMILES string of the molecule is O=C1N[C@H](Cc2ccccc2)C(=O)N1Cc1csc(Cc2ccc(Cl)cc2)n1. The summed E-state index contributed by atoms with van der Waals surface area (Å²) in [5.41, 5.74) is 2.85. The van der Waals surface area contributed by atoms with Gasteiger partial charge in [-0.1, -0.05) is 54.1 Å². The number of hydrogen-bond acceptors (Lipinski definition) is 4. The number of carbonyl (C=O) groups is 2. The highest BCUT2D eigenvalue weighted by Gasteiger charge is 2.38. The predicted molar refractivity (Wildman–Crippen MR) is 109 cm³/mol. The van der Waals surface area contributed by atoms with Crippen LogP contribution in [0.15, 0.2) is 60.0 Å². The molecule has 0 spiro atoms. The molecule has 1 fully saturated rings. The first-order valence-electron chi connectivity index (χ1n) is 8.92. The highest BCUT2D eigenvalue weighted by Crippen LogP contribution is 2.20. The minimum atomic E-state index is -0.526.